The Hall–Kier alpha value is -0.910. The molecule has 0 aliphatic carbocycles. The van der Waals surface area contributed by atoms with Crippen molar-refractivity contribution in [2.75, 3.05) is 53.7 Å². The lowest BCUT2D eigenvalue weighted by Crippen LogP contribution is -2.33. The second-order valence-electron chi connectivity index (χ2n) is 5.24. The zero-order chi connectivity index (χ0) is 16.6. The van der Waals surface area contributed by atoms with Gasteiger partial charge in [0, 0.05) is 33.9 Å². The van der Waals surface area contributed by atoms with Crippen molar-refractivity contribution in [2.24, 2.45) is 0 Å². The van der Waals surface area contributed by atoms with Crippen LogP contribution in [0.3, 0.4) is 0 Å². The summed E-state index contributed by atoms with van der Waals surface area (Å²) < 4.78 is 15.5. The molecule has 0 N–H and O–H groups in total. The van der Waals surface area contributed by atoms with E-state index < -0.39 is 0 Å². The summed E-state index contributed by atoms with van der Waals surface area (Å²) >= 11 is 0. The summed E-state index contributed by atoms with van der Waals surface area (Å²) in [6.07, 6.45) is 5.67. The van der Waals surface area contributed by atoms with Crippen LogP contribution in [-0.2, 0) is 19.0 Å². The molecule has 0 bridgehead atoms. The molecule has 0 saturated heterocycles. The fourth-order valence-electron chi connectivity index (χ4n) is 1.92. The fourth-order valence-corrected chi connectivity index (χ4v) is 1.92. The van der Waals surface area contributed by atoms with Gasteiger partial charge in [0.15, 0.2) is 0 Å². The summed E-state index contributed by atoms with van der Waals surface area (Å²) in [6.45, 7) is 8.22. The lowest BCUT2D eigenvalue weighted by Gasteiger charge is -2.21. The van der Waals surface area contributed by atoms with E-state index in [-0.39, 0.29) is 5.97 Å². The molecular weight excluding hydrogens is 282 g/mol. The van der Waals surface area contributed by atoms with E-state index in [0.717, 1.165) is 32.4 Å². The van der Waals surface area contributed by atoms with Crippen LogP contribution in [0.4, 0.5) is 0 Å². The minimum atomic E-state index is -0.143. The van der Waals surface area contributed by atoms with Gasteiger partial charge in [0.2, 0.25) is 0 Å². The van der Waals surface area contributed by atoms with Crippen LogP contribution in [0.25, 0.3) is 0 Å². The molecule has 0 spiro atoms. The quantitative estimate of drug-likeness (QED) is 0.364. The Morgan fingerprint density at radius 3 is 2.18 bits per heavy atom. The van der Waals surface area contributed by atoms with Crippen molar-refractivity contribution in [1.29, 1.82) is 0 Å². The largest absolute Gasteiger partial charge is 0.461 e. The van der Waals surface area contributed by atoms with Gasteiger partial charge in [0.05, 0.1) is 19.6 Å². The molecule has 0 aromatic rings. The molecule has 0 aliphatic rings. The Kier molecular flexibility index (Phi) is 14.4. The lowest BCUT2D eigenvalue weighted by molar-refractivity contribution is -0.143. The molecule has 0 rings (SSSR count). The maximum absolute atomic E-state index is 11.9. The molecule has 0 saturated carbocycles. The van der Waals surface area contributed by atoms with Crippen molar-refractivity contribution < 1.29 is 19.0 Å². The Morgan fingerprint density at radius 2 is 1.68 bits per heavy atom. The van der Waals surface area contributed by atoms with Gasteiger partial charge in [-0.3, -0.25) is 9.69 Å². The standard InChI is InChI=1S/C17H33NO4/c1-5-7-8-16(6-2)15-22-17(19)9-10-18(11-13-20-3)12-14-21-4/h8H,5-7,9-15H2,1-4H3/b16-8-. The first-order valence-corrected chi connectivity index (χ1v) is 8.21. The van der Waals surface area contributed by atoms with E-state index in [4.69, 9.17) is 14.2 Å². The third kappa shape index (κ3) is 11.7. The number of carbonyl (C=O) groups excluding carboxylic acids is 1. The average Bonchev–Trinajstić information content (AvgIpc) is 2.54. The summed E-state index contributed by atoms with van der Waals surface area (Å²) in [5.74, 6) is -0.143. The molecule has 0 aromatic carbocycles. The fraction of sp³-hybridized carbons (Fsp3) is 0.824. The number of rotatable bonds is 14. The third-order valence-corrected chi connectivity index (χ3v) is 3.45. The summed E-state index contributed by atoms with van der Waals surface area (Å²) in [5.41, 5.74) is 1.20. The second kappa shape index (κ2) is 15.0. The van der Waals surface area contributed by atoms with Gasteiger partial charge in [0.25, 0.3) is 0 Å². The molecular formula is C17H33NO4. The number of carbonyl (C=O) groups is 1. The topological polar surface area (TPSA) is 48.0 Å². The Balaban J connectivity index is 4.05. The molecule has 0 amide bonds. The van der Waals surface area contributed by atoms with Crippen molar-refractivity contribution in [3.63, 3.8) is 0 Å². The van der Waals surface area contributed by atoms with Gasteiger partial charge in [-0.05, 0) is 18.4 Å². The number of nitrogens with zero attached hydrogens (tertiary/aromatic N) is 1. The van der Waals surface area contributed by atoms with E-state index in [0.29, 0.717) is 32.8 Å². The molecule has 0 fully saturated rings. The number of esters is 1. The molecule has 0 radical (unpaired) electrons. The number of methoxy groups -OCH3 is 2. The highest BCUT2D eigenvalue weighted by molar-refractivity contribution is 5.69. The van der Waals surface area contributed by atoms with Gasteiger partial charge in [-0.2, -0.15) is 0 Å². The van der Waals surface area contributed by atoms with Gasteiger partial charge < -0.3 is 14.2 Å². The predicted molar refractivity (Wildman–Crippen MR) is 89.1 cm³/mol. The van der Waals surface area contributed by atoms with Crippen LogP contribution >= 0.6 is 0 Å². The smallest absolute Gasteiger partial charge is 0.307 e. The highest BCUT2D eigenvalue weighted by Gasteiger charge is 2.09. The zero-order valence-corrected chi connectivity index (χ0v) is 14.7. The van der Waals surface area contributed by atoms with Crippen molar-refractivity contribution in [1.82, 2.24) is 4.90 Å². The van der Waals surface area contributed by atoms with Gasteiger partial charge in [-0.15, -0.1) is 0 Å². The molecule has 5 heteroatoms. The van der Waals surface area contributed by atoms with E-state index in [1.54, 1.807) is 14.2 Å². The molecule has 130 valence electrons. The van der Waals surface area contributed by atoms with Crippen LogP contribution in [0.1, 0.15) is 39.5 Å². The third-order valence-electron chi connectivity index (χ3n) is 3.45. The minimum Gasteiger partial charge on any atom is -0.461 e. The van der Waals surface area contributed by atoms with Crippen LogP contribution in [0.2, 0.25) is 0 Å². The predicted octanol–water partition coefficient (Wildman–Crippen LogP) is 2.65. The van der Waals surface area contributed by atoms with Crippen LogP contribution in [0.15, 0.2) is 11.6 Å². The van der Waals surface area contributed by atoms with E-state index in [2.05, 4.69) is 24.8 Å². The molecule has 0 aliphatic heterocycles. The van der Waals surface area contributed by atoms with Gasteiger partial charge in [0.1, 0.15) is 6.61 Å². The Labute approximate surface area is 135 Å². The van der Waals surface area contributed by atoms with Crippen LogP contribution in [0, 0.1) is 0 Å². The summed E-state index contributed by atoms with van der Waals surface area (Å²) in [7, 11) is 3.36. The van der Waals surface area contributed by atoms with Gasteiger partial charge in [-0.1, -0.05) is 26.3 Å². The second-order valence-corrected chi connectivity index (χ2v) is 5.24. The van der Waals surface area contributed by atoms with Crippen molar-refractivity contribution in [3.05, 3.63) is 11.6 Å². The zero-order valence-electron chi connectivity index (χ0n) is 14.7. The minimum absolute atomic E-state index is 0.143. The first kappa shape index (κ1) is 21.1. The molecule has 0 aromatic heterocycles. The summed E-state index contributed by atoms with van der Waals surface area (Å²) in [4.78, 5) is 14.0. The van der Waals surface area contributed by atoms with Gasteiger partial charge >= 0.3 is 5.97 Å². The number of unbranched alkanes of at least 4 members (excludes halogenated alkanes) is 1. The van der Waals surface area contributed by atoms with Crippen molar-refractivity contribution >= 4 is 5.97 Å². The number of hydrogen-bond donors (Lipinski definition) is 0. The lowest BCUT2D eigenvalue weighted by atomic mass is 10.1. The molecule has 22 heavy (non-hydrogen) atoms. The summed E-state index contributed by atoms with van der Waals surface area (Å²) in [6, 6.07) is 0. The van der Waals surface area contributed by atoms with Crippen molar-refractivity contribution in [3.8, 4) is 0 Å². The number of hydrogen-bond acceptors (Lipinski definition) is 5. The molecule has 0 heterocycles. The normalized spacial score (nSPS) is 12.0. The highest BCUT2D eigenvalue weighted by atomic mass is 16.5. The Bertz CT molecular complexity index is 297. The average molecular weight is 315 g/mol. The number of ether oxygens (including phenoxy) is 3. The first-order valence-electron chi connectivity index (χ1n) is 8.21. The van der Waals surface area contributed by atoms with Crippen LogP contribution in [-0.4, -0.2) is 64.5 Å². The first-order chi connectivity index (χ1) is 10.7. The maximum atomic E-state index is 11.9. The van der Waals surface area contributed by atoms with E-state index in [9.17, 15) is 4.79 Å². The van der Waals surface area contributed by atoms with E-state index >= 15 is 0 Å². The van der Waals surface area contributed by atoms with Crippen LogP contribution < -0.4 is 0 Å². The molecule has 0 atom stereocenters. The SMILES string of the molecule is CCC/C=C(/CC)COC(=O)CCN(CCOC)CCOC. The molecule has 0 unspecified atom stereocenters. The Morgan fingerprint density at radius 1 is 1.05 bits per heavy atom. The van der Waals surface area contributed by atoms with Gasteiger partial charge in [-0.25, -0.2) is 0 Å². The summed E-state index contributed by atoms with van der Waals surface area (Å²) in [5, 5.41) is 0. The van der Waals surface area contributed by atoms with E-state index in [1.165, 1.54) is 5.57 Å². The molecule has 5 nitrogen and oxygen atoms in total. The van der Waals surface area contributed by atoms with Crippen LogP contribution in [0.5, 0.6) is 0 Å². The number of allylic oxidation sites excluding steroid dienone is 1. The van der Waals surface area contributed by atoms with E-state index in [1.807, 2.05) is 0 Å². The highest BCUT2D eigenvalue weighted by Crippen LogP contribution is 2.05. The monoisotopic (exact) mass is 315 g/mol. The van der Waals surface area contributed by atoms with Crippen molar-refractivity contribution in [2.45, 2.75) is 39.5 Å². The maximum Gasteiger partial charge on any atom is 0.307 e.